The lowest BCUT2D eigenvalue weighted by Crippen LogP contribution is -2.63. The van der Waals surface area contributed by atoms with E-state index in [4.69, 9.17) is 9.29 Å². The molecule has 40 heavy (non-hydrogen) atoms. The van der Waals surface area contributed by atoms with Gasteiger partial charge in [0.2, 0.25) is 0 Å². The second-order valence-electron chi connectivity index (χ2n) is 12.3. The van der Waals surface area contributed by atoms with Crippen LogP contribution in [0.5, 0.6) is 0 Å². The van der Waals surface area contributed by atoms with Crippen LogP contribution in [0.2, 0.25) is 0 Å². The molecular weight excluding hydrogens is 554 g/mol. The predicted octanol–water partition coefficient (Wildman–Crippen LogP) is 4.08. The Hall–Kier alpha value is -1.79. The molecule has 3 aliphatic carbocycles. The van der Waals surface area contributed by atoms with Crippen molar-refractivity contribution in [3.8, 4) is 0 Å². The highest BCUT2D eigenvalue weighted by molar-refractivity contribution is 8.00. The SMILES string of the molecule is C=C[C@]1(C)C[C@@H](OC(=O)CSc2cncc(CO)c2)[C@@]2(C)C3C(=O)CC[C@@]3(CC[C@H]2C)[C@@H](C)[C@@H]1O.CS(=O)(=O)O. The van der Waals surface area contributed by atoms with Crippen molar-refractivity contribution in [1.29, 1.82) is 0 Å². The standard InChI is InChI=1S/C28H39NO5S.CH4O3S/c1-6-26(4)12-22(34-23(32)16-35-20-11-19(15-30)13-29-14-20)27(5)17(2)7-9-28(18(3)25(26)33)10-8-21(31)24(27)28;1-5(2,3)4/h6,11,13-14,17-18,22,24-25,30,33H,1,7-10,12,15-16H2,2-5H3;1H3,(H,2,3,4)/t17-,18+,22-,24?,25+,26-,27+,28+;/m1./s1. The van der Waals surface area contributed by atoms with Crippen LogP contribution in [0.1, 0.15) is 65.4 Å². The molecule has 3 saturated carbocycles. The molecule has 0 amide bonds. The lowest BCUT2D eigenvalue weighted by Gasteiger charge is -2.61. The van der Waals surface area contributed by atoms with E-state index < -0.39 is 33.2 Å². The Labute approximate surface area is 241 Å². The first kappa shape index (κ1) is 32.7. The normalized spacial score (nSPS) is 37.3. The number of ketones is 1. The maximum Gasteiger partial charge on any atom is 0.316 e. The van der Waals surface area contributed by atoms with E-state index in [0.29, 0.717) is 24.7 Å². The fraction of sp³-hybridized carbons (Fsp3) is 0.690. The van der Waals surface area contributed by atoms with E-state index in [1.54, 1.807) is 12.4 Å². The minimum atomic E-state index is -3.67. The molecule has 1 aromatic heterocycles. The molecule has 0 saturated heterocycles. The molecular formula is C29H43NO8S2. The van der Waals surface area contributed by atoms with Crippen LogP contribution in [0.25, 0.3) is 0 Å². The van der Waals surface area contributed by atoms with E-state index in [0.717, 1.165) is 24.2 Å². The summed E-state index contributed by atoms with van der Waals surface area (Å²) in [5.74, 6) is -0.0667. The minimum Gasteiger partial charge on any atom is -0.461 e. The average Bonchev–Trinajstić information content (AvgIpc) is 3.25. The fourth-order valence-corrected chi connectivity index (χ4v) is 8.19. The monoisotopic (exact) mass is 597 g/mol. The van der Waals surface area contributed by atoms with E-state index in [1.165, 1.54) is 11.8 Å². The molecule has 9 nitrogen and oxygen atoms in total. The van der Waals surface area contributed by atoms with Gasteiger partial charge in [-0.1, -0.05) is 33.8 Å². The molecule has 0 aromatic carbocycles. The van der Waals surface area contributed by atoms with E-state index in [1.807, 2.05) is 19.1 Å². The Morgan fingerprint density at radius 2 is 1.93 bits per heavy atom. The summed E-state index contributed by atoms with van der Waals surface area (Å²) in [5.41, 5.74) is -0.742. The lowest BCUT2D eigenvalue weighted by molar-refractivity contribution is -0.205. The van der Waals surface area contributed by atoms with Crippen LogP contribution >= 0.6 is 11.8 Å². The summed E-state index contributed by atoms with van der Waals surface area (Å²) in [6.07, 6.45) is 8.21. The Morgan fingerprint density at radius 3 is 2.52 bits per heavy atom. The lowest BCUT2D eigenvalue weighted by atomic mass is 9.44. The minimum absolute atomic E-state index is 0.0488. The summed E-state index contributed by atoms with van der Waals surface area (Å²) < 4.78 is 32.1. The molecule has 1 unspecified atom stereocenters. The van der Waals surface area contributed by atoms with E-state index in [-0.39, 0.29) is 47.3 Å². The van der Waals surface area contributed by atoms with Crippen molar-refractivity contribution >= 4 is 33.6 Å². The number of ether oxygens (including phenoxy) is 1. The second kappa shape index (κ2) is 12.2. The van der Waals surface area contributed by atoms with Crippen molar-refractivity contribution in [1.82, 2.24) is 4.98 Å². The molecule has 8 atom stereocenters. The largest absolute Gasteiger partial charge is 0.461 e. The number of pyridine rings is 1. The number of aliphatic hydroxyl groups is 2. The smallest absolute Gasteiger partial charge is 0.316 e. The molecule has 224 valence electrons. The number of carbonyl (C=O) groups is 2. The Bertz CT molecular complexity index is 1210. The van der Waals surface area contributed by atoms with Gasteiger partial charge in [0.1, 0.15) is 11.9 Å². The number of hydrogen-bond donors (Lipinski definition) is 3. The molecule has 3 aliphatic rings. The van der Waals surface area contributed by atoms with Gasteiger partial charge < -0.3 is 14.9 Å². The summed E-state index contributed by atoms with van der Waals surface area (Å²) in [4.78, 5) is 31.5. The zero-order valence-corrected chi connectivity index (χ0v) is 25.6. The van der Waals surface area contributed by atoms with Gasteiger partial charge in [0.15, 0.2) is 0 Å². The number of hydrogen-bond acceptors (Lipinski definition) is 9. The maximum absolute atomic E-state index is 13.4. The number of Topliss-reactive ketones (excluding diaryl/α,β-unsaturated/α-hetero) is 1. The van der Waals surface area contributed by atoms with E-state index in [2.05, 4.69) is 32.3 Å². The van der Waals surface area contributed by atoms with Crippen LogP contribution in [-0.4, -0.2) is 64.1 Å². The zero-order chi connectivity index (χ0) is 30.1. The third-order valence-corrected chi connectivity index (χ3v) is 10.8. The summed E-state index contributed by atoms with van der Waals surface area (Å²) >= 11 is 1.32. The molecule has 1 aromatic rings. The highest BCUT2D eigenvalue weighted by Crippen LogP contribution is 2.68. The Balaban J connectivity index is 0.000000810. The van der Waals surface area contributed by atoms with Gasteiger partial charge in [-0.05, 0) is 54.6 Å². The van der Waals surface area contributed by atoms with Crippen molar-refractivity contribution in [2.45, 2.75) is 83.5 Å². The van der Waals surface area contributed by atoms with Crippen LogP contribution in [0.15, 0.2) is 36.0 Å². The molecule has 2 bridgehead atoms. The molecule has 4 rings (SSSR count). The predicted molar refractivity (Wildman–Crippen MR) is 153 cm³/mol. The molecule has 3 fully saturated rings. The topological polar surface area (TPSA) is 151 Å². The van der Waals surface area contributed by atoms with E-state index >= 15 is 0 Å². The van der Waals surface area contributed by atoms with E-state index in [9.17, 15) is 28.2 Å². The summed E-state index contributed by atoms with van der Waals surface area (Å²) in [6.45, 7) is 12.4. The van der Waals surface area contributed by atoms with Gasteiger partial charge in [-0.2, -0.15) is 8.42 Å². The van der Waals surface area contributed by atoms with Crippen molar-refractivity contribution in [3.05, 3.63) is 36.7 Å². The number of rotatable bonds is 6. The Morgan fingerprint density at radius 1 is 1.27 bits per heavy atom. The van der Waals surface area contributed by atoms with Gasteiger partial charge in [-0.15, -0.1) is 18.3 Å². The molecule has 0 radical (unpaired) electrons. The van der Waals surface area contributed by atoms with Crippen molar-refractivity contribution in [2.75, 3.05) is 12.0 Å². The number of aromatic nitrogens is 1. The zero-order valence-electron chi connectivity index (χ0n) is 24.0. The number of thioether (sulfide) groups is 1. The van der Waals surface area contributed by atoms with Gasteiger partial charge in [0.25, 0.3) is 10.1 Å². The number of esters is 1. The van der Waals surface area contributed by atoms with Gasteiger partial charge in [-0.3, -0.25) is 19.1 Å². The highest BCUT2D eigenvalue weighted by atomic mass is 32.2. The summed E-state index contributed by atoms with van der Waals surface area (Å²) in [6, 6.07) is 1.81. The fourth-order valence-electron chi connectivity index (χ4n) is 7.47. The third-order valence-electron chi connectivity index (χ3n) is 9.88. The quantitative estimate of drug-likeness (QED) is 0.189. The van der Waals surface area contributed by atoms with Gasteiger partial charge in [-0.25, -0.2) is 0 Å². The molecule has 1 heterocycles. The van der Waals surface area contributed by atoms with Crippen LogP contribution in [0, 0.1) is 34.0 Å². The first-order valence-electron chi connectivity index (χ1n) is 13.7. The molecule has 0 aliphatic heterocycles. The van der Waals surface area contributed by atoms with Crippen molar-refractivity contribution in [3.63, 3.8) is 0 Å². The average molecular weight is 598 g/mol. The first-order chi connectivity index (χ1) is 18.5. The maximum atomic E-state index is 13.4. The number of aliphatic hydroxyl groups excluding tert-OH is 2. The van der Waals surface area contributed by atoms with Crippen LogP contribution in [0.4, 0.5) is 0 Å². The van der Waals surface area contributed by atoms with Gasteiger partial charge in [0, 0.05) is 40.5 Å². The van der Waals surface area contributed by atoms with Crippen LogP contribution in [0.3, 0.4) is 0 Å². The van der Waals surface area contributed by atoms with Crippen LogP contribution in [-0.2, 0) is 31.1 Å². The number of nitrogens with zero attached hydrogens (tertiary/aromatic N) is 1. The molecule has 11 heteroatoms. The Kier molecular flexibility index (Phi) is 9.99. The molecule has 0 spiro atoms. The van der Waals surface area contributed by atoms with Gasteiger partial charge >= 0.3 is 5.97 Å². The molecule has 3 N–H and O–H groups in total. The summed E-state index contributed by atoms with van der Waals surface area (Å²) in [5, 5.41) is 20.9. The first-order valence-corrected chi connectivity index (χ1v) is 16.5. The second-order valence-corrected chi connectivity index (χ2v) is 14.8. The van der Waals surface area contributed by atoms with Crippen molar-refractivity contribution in [2.24, 2.45) is 34.0 Å². The number of carbonyl (C=O) groups excluding carboxylic acids is 2. The van der Waals surface area contributed by atoms with Crippen molar-refractivity contribution < 1.29 is 37.5 Å². The van der Waals surface area contributed by atoms with Gasteiger partial charge in [0.05, 0.1) is 24.7 Å². The summed E-state index contributed by atoms with van der Waals surface area (Å²) in [7, 11) is -3.67. The third kappa shape index (κ3) is 6.48. The highest BCUT2D eigenvalue weighted by Gasteiger charge is 2.68. The van der Waals surface area contributed by atoms with Crippen LogP contribution < -0.4 is 0 Å².